The monoisotopic (exact) mass is 289 g/mol. The van der Waals surface area contributed by atoms with Gasteiger partial charge in [-0.05, 0) is 36.4 Å². The molecule has 2 rings (SSSR count). The highest BCUT2D eigenvalue weighted by Crippen LogP contribution is 2.21. The lowest BCUT2D eigenvalue weighted by molar-refractivity contribution is 0.462. The van der Waals surface area contributed by atoms with Crippen molar-refractivity contribution >= 4 is 27.4 Å². The van der Waals surface area contributed by atoms with E-state index in [4.69, 9.17) is 0 Å². The minimum atomic E-state index is -4.71. The third-order valence-corrected chi connectivity index (χ3v) is 2.42. The molecule has 0 fully saturated rings. The van der Waals surface area contributed by atoms with Crippen LogP contribution in [0.4, 0.5) is 17.1 Å². The van der Waals surface area contributed by atoms with E-state index in [1.165, 1.54) is 12.1 Å². The minimum absolute atomic E-state index is 0.239. The average molecular weight is 289 g/mol. The van der Waals surface area contributed by atoms with Crippen LogP contribution in [0.1, 0.15) is 0 Å². The minimum Gasteiger partial charge on any atom is -0.728 e. The van der Waals surface area contributed by atoms with E-state index in [2.05, 4.69) is 19.9 Å². The maximum absolute atomic E-state index is 10.3. The lowest BCUT2D eigenvalue weighted by Crippen LogP contribution is -1.88. The summed E-state index contributed by atoms with van der Waals surface area (Å²) in [6, 6.07) is 15.3. The number of hydrogen-bond donors (Lipinski definition) is 0. The molecule has 0 saturated carbocycles. The normalized spacial score (nSPS) is 12.2. The first-order valence-electron chi connectivity index (χ1n) is 5.49. The third kappa shape index (κ3) is 4.67. The van der Waals surface area contributed by atoms with Crippen LogP contribution in [0.15, 0.2) is 74.5 Å². The zero-order chi connectivity index (χ0) is 14.4. The molecule has 20 heavy (non-hydrogen) atoms. The first-order chi connectivity index (χ1) is 9.53. The lowest BCUT2D eigenvalue weighted by atomic mass is 10.3. The molecule has 0 radical (unpaired) electrons. The van der Waals surface area contributed by atoms with Crippen molar-refractivity contribution in [3.63, 3.8) is 0 Å². The van der Waals surface area contributed by atoms with Crippen molar-refractivity contribution in [1.82, 2.24) is 0 Å². The summed E-state index contributed by atoms with van der Waals surface area (Å²) in [6.07, 6.45) is 0. The van der Waals surface area contributed by atoms with Gasteiger partial charge in [0, 0.05) is 0 Å². The van der Waals surface area contributed by atoms with E-state index in [-0.39, 0.29) is 5.69 Å². The summed E-state index contributed by atoms with van der Waals surface area (Å²) in [4.78, 5) is 0. The van der Waals surface area contributed by atoms with Gasteiger partial charge in [-0.2, -0.15) is 10.2 Å². The highest BCUT2D eigenvalue weighted by molar-refractivity contribution is 7.84. The molecule has 0 aliphatic carbocycles. The van der Waals surface area contributed by atoms with Crippen LogP contribution in [0.5, 0.6) is 0 Å². The SMILES string of the molecule is O=S(=O)([O-])N=Nc1ccc(N=Nc2ccccc2)cc1. The molecule has 0 spiro atoms. The van der Waals surface area contributed by atoms with Crippen LogP contribution in [-0.4, -0.2) is 13.0 Å². The van der Waals surface area contributed by atoms with Gasteiger partial charge in [-0.15, -0.1) is 5.11 Å². The maximum Gasteiger partial charge on any atom is 0.220 e. The molecule has 0 heterocycles. The Bertz CT molecular complexity index is 725. The standard InChI is InChI=1S/C12H10N4O3S/c17-20(18,19)16-15-12-8-6-11(7-9-12)14-13-10-4-2-1-3-5-10/h1-9H,(H,17,18,19)/p-1. The van der Waals surface area contributed by atoms with E-state index < -0.39 is 10.3 Å². The van der Waals surface area contributed by atoms with Gasteiger partial charge in [0.2, 0.25) is 10.3 Å². The Hall–Kier alpha value is -2.45. The molecule has 7 nitrogen and oxygen atoms in total. The van der Waals surface area contributed by atoms with Gasteiger partial charge in [-0.25, -0.2) is 8.42 Å². The van der Waals surface area contributed by atoms with Crippen molar-refractivity contribution in [2.75, 3.05) is 0 Å². The molecule has 0 amide bonds. The van der Waals surface area contributed by atoms with Crippen molar-refractivity contribution in [2.45, 2.75) is 0 Å². The summed E-state index contributed by atoms with van der Waals surface area (Å²) in [5, 5.41) is 11.3. The Labute approximate surface area is 115 Å². The van der Waals surface area contributed by atoms with Crippen LogP contribution < -0.4 is 0 Å². The lowest BCUT2D eigenvalue weighted by Gasteiger charge is -1.97. The van der Waals surface area contributed by atoms with Gasteiger partial charge in [0.25, 0.3) is 0 Å². The van der Waals surface area contributed by atoms with Gasteiger partial charge in [0.05, 0.1) is 17.1 Å². The van der Waals surface area contributed by atoms with E-state index in [1.54, 1.807) is 12.1 Å². The molecule has 0 saturated heterocycles. The van der Waals surface area contributed by atoms with Gasteiger partial charge in [-0.1, -0.05) is 22.7 Å². The van der Waals surface area contributed by atoms with Crippen molar-refractivity contribution in [3.8, 4) is 0 Å². The fourth-order valence-electron chi connectivity index (χ4n) is 1.29. The number of hydrogen-bond acceptors (Lipinski definition) is 6. The van der Waals surface area contributed by atoms with E-state index >= 15 is 0 Å². The predicted octanol–water partition coefficient (Wildman–Crippen LogP) is 3.65. The predicted molar refractivity (Wildman–Crippen MR) is 71.3 cm³/mol. The van der Waals surface area contributed by atoms with E-state index in [0.717, 1.165) is 0 Å². The van der Waals surface area contributed by atoms with Gasteiger partial charge >= 0.3 is 0 Å². The van der Waals surface area contributed by atoms with Gasteiger partial charge < -0.3 is 4.55 Å². The Balaban J connectivity index is 2.09. The molecule has 0 N–H and O–H groups in total. The molecule has 0 aromatic heterocycles. The van der Waals surface area contributed by atoms with E-state index in [9.17, 15) is 13.0 Å². The Morgan fingerprint density at radius 3 is 1.65 bits per heavy atom. The fourth-order valence-corrected chi connectivity index (χ4v) is 1.49. The third-order valence-electron chi connectivity index (χ3n) is 2.14. The summed E-state index contributed by atoms with van der Waals surface area (Å²) >= 11 is 0. The number of azo groups is 1. The molecule has 0 atom stereocenters. The first-order valence-corrected chi connectivity index (χ1v) is 6.85. The molecule has 8 heteroatoms. The largest absolute Gasteiger partial charge is 0.728 e. The molecule has 0 unspecified atom stereocenters. The maximum atomic E-state index is 10.3. The Morgan fingerprint density at radius 2 is 1.15 bits per heavy atom. The highest BCUT2D eigenvalue weighted by Gasteiger charge is 1.93. The molecular weight excluding hydrogens is 280 g/mol. The summed E-state index contributed by atoms with van der Waals surface area (Å²) in [5.74, 6) is 0. The number of nitrogens with zero attached hydrogens (tertiary/aromatic N) is 4. The molecule has 0 aliphatic heterocycles. The molecule has 2 aromatic carbocycles. The summed E-state index contributed by atoms with van der Waals surface area (Å²) in [5.41, 5.74) is 1.52. The molecule has 102 valence electrons. The zero-order valence-corrected chi connectivity index (χ0v) is 10.9. The topological polar surface area (TPSA) is 107 Å². The zero-order valence-electron chi connectivity index (χ0n) is 10.1. The first kappa shape index (κ1) is 14.0. The second-order valence-corrected chi connectivity index (χ2v) is 4.68. The summed E-state index contributed by atoms with van der Waals surface area (Å²) in [7, 11) is -4.71. The Morgan fingerprint density at radius 1 is 0.700 bits per heavy atom. The van der Waals surface area contributed by atoms with Gasteiger partial charge in [-0.3, -0.25) is 0 Å². The van der Waals surface area contributed by atoms with Gasteiger partial charge in [0.15, 0.2) is 0 Å². The van der Waals surface area contributed by atoms with Crippen molar-refractivity contribution in [2.24, 2.45) is 19.9 Å². The highest BCUT2D eigenvalue weighted by atomic mass is 32.2. The van der Waals surface area contributed by atoms with Crippen molar-refractivity contribution in [1.29, 1.82) is 0 Å². The van der Waals surface area contributed by atoms with Crippen molar-refractivity contribution in [3.05, 3.63) is 54.6 Å². The van der Waals surface area contributed by atoms with Crippen molar-refractivity contribution < 1.29 is 13.0 Å². The van der Waals surface area contributed by atoms with E-state index in [1.807, 2.05) is 30.3 Å². The smallest absolute Gasteiger partial charge is 0.220 e. The summed E-state index contributed by atoms with van der Waals surface area (Å²) in [6.45, 7) is 0. The fraction of sp³-hybridized carbons (Fsp3) is 0. The summed E-state index contributed by atoms with van der Waals surface area (Å²) < 4.78 is 33.5. The van der Waals surface area contributed by atoms with Crippen LogP contribution in [0.25, 0.3) is 0 Å². The van der Waals surface area contributed by atoms with Crippen LogP contribution in [-0.2, 0) is 10.3 Å². The average Bonchev–Trinajstić information content (AvgIpc) is 2.44. The molecular formula is C12H9N4O3S-. The van der Waals surface area contributed by atoms with Crippen LogP contribution in [0.3, 0.4) is 0 Å². The van der Waals surface area contributed by atoms with Crippen LogP contribution in [0, 0.1) is 0 Å². The molecule has 0 aliphatic rings. The number of benzene rings is 2. The van der Waals surface area contributed by atoms with Crippen LogP contribution >= 0.6 is 0 Å². The van der Waals surface area contributed by atoms with Gasteiger partial charge in [0.1, 0.15) is 0 Å². The molecule has 2 aromatic rings. The second kappa shape index (κ2) is 6.13. The molecule has 0 bridgehead atoms. The number of rotatable bonds is 4. The Kier molecular flexibility index (Phi) is 4.28. The second-order valence-electron chi connectivity index (χ2n) is 3.66. The van der Waals surface area contributed by atoms with Crippen LogP contribution in [0.2, 0.25) is 0 Å². The quantitative estimate of drug-likeness (QED) is 0.633. The van der Waals surface area contributed by atoms with E-state index in [0.29, 0.717) is 11.4 Å².